The first-order valence-corrected chi connectivity index (χ1v) is 14.1. The van der Waals surface area contributed by atoms with Crippen LogP contribution < -0.4 is 14.8 Å². The second-order valence-electron chi connectivity index (χ2n) is 9.45. The molecular weight excluding hydrogens is 516 g/mol. The van der Waals surface area contributed by atoms with Gasteiger partial charge in [-0.1, -0.05) is 51.1 Å². The molecule has 2 aromatic heterocycles. The third kappa shape index (κ3) is 6.43. The number of sulfonamides is 1. The maximum absolute atomic E-state index is 13.1. The van der Waals surface area contributed by atoms with Gasteiger partial charge in [0.25, 0.3) is 15.9 Å². The number of nitrogens with zero attached hydrogens (tertiary/aromatic N) is 4. The summed E-state index contributed by atoms with van der Waals surface area (Å²) in [5.74, 6) is 0.575. The maximum atomic E-state index is 13.1. The summed E-state index contributed by atoms with van der Waals surface area (Å²) in [6, 6.07) is 14.6. The monoisotopic (exact) mass is 548 g/mol. The van der Waals surface area contributed by atoms with Crippen LogP contribution in [0.5, 0.6) is 11.6 Å². The quantitative estimate of drug-likeness (QED) is 0.297. The number of ether oxygens (including phenoxy) is 1. The van der Waals surface area contributed by atoms with E-state index in [0.29, 0.717) is 34.9 Å². The minimum atomic E-state index is -4.02. The van der Waals surface area contributed by atoms with Crippen LogP contribution in [0.3, 0.4) is 0 Å². The molecule has 39 heavy (non-hydrogen) atoms. The lowest BCUT2D eigenvalue weighted by Crippen LogP contribution is -2.17. The molecule has 4 rings (SSSR count). The molecule has 0 spiro atoms. The van der Waals surface area contributed by atoms with Crippen molar-refractivity contribution in [2.75, 3.05) is 11.8 Å². The summed E-state index contributed by atoms with van der Waals surface area (Å²) >= 11 is 0. The van der Waals surface area contributed by atoms with Gasteiger partial charge in [-0.2, -0.15) is 10.1 Å². The van der Waals surface area contributed by atoms with E-state index in [2.05, 4.69) is 39.0 Å². The fourth-order valence-electron chi connectivity index (χ4n) is 4.18. The van der Waals surface area contributed by atoms with Gasteiger partial charge < -0.3 is 10.1 Å². The number of anilines is 1. The Kier molecular flexibility index (Phi) is 8.29. The Bertz CT molecular complexity index is 1600. The number of rotatable bonds is 10. The zero-order chi connectivity index (χ0) is 28.2. The van der Waals surface area contributed by atoms with Gasteiger partial charge in [0.15, 0.2) is 0 Å². The smallest absolute Gasteiger partial charge is 0.267 e. The molecule has 0 aliphatic heterocycles. The molecule has 2 aromatic carbocycles. The Morgan fingerprint density at radius 1 is 1.10 bits per heavy atom. The number of benzene rings is 2. The van der Waals surface area contributed by atoms with Gasteiger partial charge in [0.2, 0.25) is 11.8 Å². The predicted octanol–water partition coefficient (Wildman–Crippen LogP) is 4.59. The van der Waals surface area contributed by atoms with E-state index in [-0.39, 0.29) is 22.6 Å². The van der Waals surface area contributed by atoms with Crippen LogP contribution in [0.25, 0.3) is 11.3 Å². The van der Waals surface area contributed by atoms with Crippen molar-refractivity contribution in [1.29, 1.82) is 0 Å². The van der Waals surface area contributed by atoms with E-state index >= 15 is 0 Å². The standard InChI is InChI=1S/C28H32N6O4S/c1-6-23-25(24-13-8-7-10-19(24)14-18(2)3)31-28(33-39(36,37)22-16-30-34(5)17-22)32-27(23)38-21-12-9-11-20(15-21)26(35)29-4/h7-13,15-18H,6,14H2,1-5H3,(H,29,35)(H,31,32,33). The van der Waals surface area contributed by atoms with Crippen molar-refractivity contribution in [1.82, 2.24) is 25.1 Å². The summed E-state index contributed by atoms with van der Waals surface area (Å²) in [5.41, 5.74) is 3.65. The lowest BCUT2D eigenvalue weighted by Gasteiger charge is -2.18. The second kappa shape index (κ2) is 11.6. The van der Waals surface area contributed by atoms with Gasteiger partial charge in [0.1, 0.15) is 10.6 Å². The number of carbonyl (C=O) groups excluding carboxylic acids is 1. The van der Waals surface area contributed by atoms with Crippen LogP contribution >= 0.6 is 0 Å². The summed E-state index contributed by atoms with van der Waals surface area (Å²) in [6.45, 7) is 6.23. The average Bonchev–Trinajstić information content (AvgIpc) is 3.35. The van der Waals surface area contributed by atoms with E-state index < -0.39 is 10.0 Å². The minimum Gasteiger partial charge on any atom is -0.439 e. The summed E-state index contributed by atoms with van der Waals surface area (Å²) in [5, 5.41) is 6.55. The molecule has 2 N–H and O–H groups in total. The molecule has 0 bridgehead atoms. The topological polar surface area (TPSA) is 128 Å². The van der Waals surface area contributed by atoms with Gasteiger partial charge in [-0.15, -0.1) is 0 Å². The molecule has 2 heterocycles. The molecule has 0 atom stereocenters. The number of aromatic nitrogens is 4. The van der Waals surface area contributed by atoms with Gasteiger partial charge in [-0.25, -0.2) is 18.1 Å². The minimum absolute atomic E-state index is 0.0179. The van der Waals surface area contributed by atoms with Crippen molar-refractivity contribution < 1.29 is 17.9 Å². The SMILES string of the molecule is CCc1c(Oc2cccc(C(=O)NC)c2)nc(NS(=O)(=O)c2cnn(C)c2)nc1-c1ccccc1CC(C)C. The van der Waals surface area contributed by atoms with Gasteiger partial charge in [-0.05, 0) is 42.5 Å². The maximum Gasteiger partial charge on any atom is 0.267 e. The van der Waals surface area contributed by atoms with E-state index in [9.17, 15) is 13.2 Å². The van der Waals surface area contributed by atoms with Crippen LogP contribution in [-0.4, -0.2) is 41.1 Å². The van der Waals surface area contributed by atoms with Crippen LogP contribution in [0.1, 0.15) is 42.3 Å². The third-order valence-corrected chi connectivity index (χ3v) is 7.26. The largest absolute Gasteiger partial charge is 0.439 e. The third-order valence-electron chi connectivity index (χ3n) is 5.98. The van der Waals surface area contributed by atoms with Crippen LogP contribution in [0.4, 0.5) is 5.95 Å². The van der Waals surface area contributed by atoms with E-state index in [1.807, 2.05) is 31.2 Å². The lowest BCUT2D eigenvalue weighted by molar-refractivity contribution is 0.0962. The number of hydrogen-bond donors (Lipinski definition) is 2. The molecule has 1 amide bonds. The van der Waals surface area contributed by atoms with E-state index in [1.54, 1.807) is 38.4 Å². The Hall–Kier alpha value is -4.25. The highest BCUT2D eigenvalue weighted by molar-refractivity contribution is 7.92. The van der Waals surface area contributed by atoms with Crippen molar-refractivity contribution in [3.05, 3.63) is 77.6 Å². The molecule has 0 saturated heterocycles. The number of aryl methyl sites for hydroxylation is 1. The first kappa shape index (κ1) is 27.8. The van der Waals surface area contributed by atoms with Crippen LogP contribution in [0, 0.1) is 5.92 Å². The number of nitrogens with one attached hydrogen (secondary N) is 2. The van der Waals surface area contributed by atoms with Gasteiger partial charge >= 0.3 is 0 Å². The van der Waals surface area contributed by atoms with Crippen molar-refractivity contribution in [3.8, 4) is 22.9 Å². The molecule has 10 nitrogen and oxygen atoms in total. The molecular formula is C28H32N6O4S. The number of carbonyl (C=O) groups is 1. The zero-order valence-corrected chi connectivity index (χ0v) is 23.4. The van der Waals surface area contributed by atoms with Crippen LogP contribution in [0.2, 0.25) is 0 Å². The fraction of sp³-hybridized carbons (Fsp3) is 0.286. The molecule has 0 radical (unpaired) electrons. The first-order chi connectivity index (χ1) is 18.6. The van der Waals surface area contributed by atoms with Crippen molar-refractivity contribution in [2.45, 2.75) is 38.5 Å². The van der Waals surface area contributed by atoms with Gasteiger partial charge in [0.05, 0.1) is 11.9 Å². The molecule has 0 fully saturated rings. The summed E-state index contributed by atoms with van der Waals surface area (Å²) in [7, 11) is -0.832. The van der Waals surface area contributed by atoms with Crippen molar-refractivity contribution in [2.24, 2.45) is 13.0 Å². The molecule has 0 unspecified atom stereocenters. The lowest BCUT2D eigenvalue weighted by atomic mass is 9.94. The highest BCUT2D eigenvalue weighted by atomic mass is 32.2. The molecule has 0 aliphatic rings. The number of hydrogen-bond acceptors (Lipinski definition) is 7. The Morgan fingerprint density at radius 2 is 1.87 bits per heavy atom. The summed E-state index contributed by atoms with van der Waals surface area (Å²) in [4.78, 5) is 21.3. The van der Waals surface area contributed by atoms with E-state index in [0.717, 1.165) is 17.5 Å². The van der Waals surface area contributed by atoms with Crippen LogP contribution in [-0.2, 0) is 29.9 Å². The van der Waals surface area contributed by atoms with Gasteiger partial charge in [0, 0.05) is 37.0 Å². The second-order valence-corrected chi connectivity index (χ2v) is 11.1. The molecule has 204 valence electrons. The summed E-state index contributed by atoms with van der Waals surface area (Å²) < 4.78 is 36.3. The highest BCUT2D eigenvalue weighted by Crippen LogP contribution is 2.35. The fourth-order valence-corrected chi connectivity index (χ4v) is 5.10. The molecule has 11 heteroatoms. The average molecular weight is 549 g/mol. The van der Waals surface area contributed by atoms with E-state index in [4.69, 9.17) is 4.74 Å². The Balaban J connectivity index is 1.87. The first-order valence-electron chi connectivity index (χ1n) is 12.6. The molecule has 0 aliphatic carbocycles. The number of amides is 1. The zero-order valence-electron chi connectivity index (χ0n) is 22.6. The Morgan fingerprint density at radius 3 is 2.54 bits per heavy atom. The molecule has 4 aromatic rings. The Labute approximate surface area is 228 Å². The van der Waals surface area contributed by atoms with Crippen LogP contribution in [0.15, 0.2) is 65.8 Å². The normalized spacial score (nSPS) is 11.4. The highest BCUT2D eigenvalue weighted by Gasteiger charge is 2.23. The van der Waals surface area contributed by atoms with Gasteiger partial charge in [-0.3, -0.25) is 9.48 Å². The van der Waals surface area contributed by atoms with Crippen molar-refractivity contribution in [3.63, 3.8) is 0 Å². The molecule has 0 saturated carbocycles. The van der Waals surface area contributed by atoms with Crippen molar-refractivity contribution >= 4 is 21.9 Å². The summed E-state index contributed by atoms with van der Waals surface area (Å²) in [6.07, 6.45) is 3.97. The predicted molar refractivity (Wildman–Crippen MR) is 149 cm³/mol. The van der Waals surface area contributed by atoms with E-state index in [1.165, 1.54) is 17.1 Å².